The summed E-state index contributed by atoms with van der Waals surface area (Å²) in [7, 11) is 0. The van der Waals surface area contributed by atoms with E-state index in [1.807, 2.05) is 0 Å². The molecule has 0 N–H and O–H groups in total. The molecule has 28 heavy (non-hydrogen) atoms. The quantitative estimate of drug-likeness (QED) is 0.201. The van der Waals surface area contributed by atoms with Gasteiger partial charge in [0.05, 0.1) is 0 Å². The van der Waals surface area contributed by atoms with Crippen LogP contribution >= 0.6 is 0 Å². The molecular weight excluding hydrogens is 340 g/mol. The molecule has 2 aliphatic carbocycles. The summed E-state index contributed by atoms with van der Waals surface area (Å²) in [6.07, 6.45) is 31.2. The summed E-state index contributed by atoms with van der Waals surface area (Å²) in [5, 5.41) is 0. The monoisotopic (exact) mass is 390 g/mol. The van der Waals surface area contributed by atoms with Gasteiger partial charge in [0.15, 0.2) is 0 Å². The van der Waals surface area contributed by atoms with Crippen molar-refractivity contribution in [1.82, 2.24) is 0 Å². The van der Waals surface area contributed by atoms with Crippen molar-refractivity contribution in [2.45, 2.75) is 142 Å². The number of carbonyl (C=O) groups excluding carboxylic acids is 1. The molecule has 1 nitrogen and oxygen atoms in total. The smallest absolute Gasteiger partial charge is 0.123 e. The molecule has 164 valence electrons. The van der Waals surface area contributed by atoms with Crippen molar-refractivity contribution in [2.75, 3.05) is 0 Å². The van der Waals surface area contributed by atoms with E-state index in [4.69, 9.17) is 0 Å². The fourth-order valence-corrected chi connectivity index (χ4v) is 5.96. The van der Waals surface area contributed by atoms with Crippen molar-refractivity contribution in [2.24, 2.45) is 23.7 Å². The summed E-state index contributed by atoms with van der Waals surface area (Å²) in [6.45, 7) is 2.34. The van der Waals surface area contributed by atoms with Crippen LogP contribution in [0.15, 0.2) is 0 Å². The molecule has 0 radical (unpaired) electrons. The highest BCUT2D eigenvalue weighted by Crippen LogP contribution is 2.35. The van der Waals surface area contributed by atoms with E-state index in [9.17, 15) is 4.79 Å². The van der Waals surface area contributed by atoms with Gasteiger partial charge < -0.3 is 4.79 Å². The molecule has 1 heteroatoms. The van der Waals surface area contributed by atoms with E-state index in [1.54, 1.807) is 6.42 Å². The summed E-state index contributed by atoms with van der Waals surface area (Å²) in [6, 6.07) is 0. The molecule has 0 aromatic carbocycles. The van der Waals surface area contributed by atoms with Crippen LogP contribution in [0.3, 0.4) is 0 Å². The molecule has 0 bridgehead atoms. The highest BCUT2D eigenvalue weighted by Gasteiger charge is 2.21. The van der Waals surface area contributed by atoms with Crippen molar-refractivity contribution in [3.05, 3.63) is 0 Å². The van der Waals surface area contributed by atoms with Gasteiger partial charge in [0.2, 0.25) is 0 Å². The number of unbranched alkanes of at least 4 members (excludes halogenated alkanes) is 8. The Morgan fingerprint density at radius 1 is 0.607 bits per heavy atom. The predicted molar refractivity (Wildman–Crippen MR) is 123 cm³/mol. The second kappa shape index (κ2) is 15.5. The second-order valence-electron chi connectivity index (χ2n) is 10.4. The standard InChI is InChI=1S/C27H50O/c1-2-3-13-25-16-12-17-26(22-25)15-11-9-7-5-4-6-8-10-14-24-18-20-27(23-28)21-19-24/h23-27H,2-22H2,1H3. The molecule has 0 amide bonds. The molecule has 2 saturated carbocycles. The van der Waals surface area contributed by atoms with E-state index in [0.717, 1.165) is 30.6 Å². The van der Waals surface area contributed by atoms with Gasteiger partial charge in [-0.15, -0.1) is 0 Å². The normalized spacial score (nSPS) is 28.3. The van der Waals surface area contributed by atoms with Crippen LogP contribution in [0.5, 0.6) is 0 Å². The number of hydrogen-bond donors (Lipinski definition) is 0. The minimum Gasteiger partial charge on any atom is -0.303 e. The lowest BCUT2D eigenvalue weighted by Gasteiger charge is -2.29. The SMILES string of the molecule is CCCCC1CCCC(CCCCCCCCCCC2CCC(C=O)CC2)C1. The summed E-state index contributed by atoms with van der Waals surface area (Å²) >= 11 is 0. The molecular formula is C27H50O. The zero-order valence-electron chi connectivity index (χ0n) is 19.1. The molecule has 2 unspecified atom stereocenters. The average Bonchev–Trinajstić information content (AvgIpc) is 2.74. The first kappa shape index (κ1) is 23.9. The molecule has 0 aromatic rings. The van der Waals surface area contributed by atoms with E-state index in [1.165, 1.54) is 122 Å². The summed E-state index contributed by atoms with van der Waals surface area (Å²) in [5.41, 5.74) is 0. The Balaban J connectivity index is 1.34. The summed E-state index contributed by atoms with van der Waals surface area (Å²) < 4.78 is 0. The van der Waals surface area contributed by atoms with Gasteiger partial charge in [0.25, 0.3) is 0 Å². The Labute approximate surface area is 176 Å². The molecule has 0 heterocycles. The Bertz CT molecular complexity index is 368. The van der Waals surface area contributed by atoms with E-state index < -0.39 is 0 Å². The molecule has 2 rings (SSSR count). The Kier molecular flexibility index (Phi) is 13.3. The first-order valence-corrected chi connectivity index (χ1v) is 13.3. The fourth-order valence-electron chi connectivity index (χ4n) is 5.96. The van der Waals surface area contributed by atoms with Gasteiger partial charge in [-0.3, -0.25) is 0 Å². The van der Waals surface area contributed by atoms with Gasteiger partial charge >= 0.3 is 0 Å². The maximum absolute atomic E-state index is 10.8. The van der Waals surface area contributed by atoms with Crippen LogP contribution in [0.4, 0.5) is 0 Å². The van der Waals surface area contributed by atoms with E-state index in [2.05, 4.69) is 6.92 Å². The van der Waals surface area contributed by atoms with Crippen LogP contribution in [0.2, 0.25) is 0 Å². The maximum Gasteiger partial charge on any atom is 0.123 e. The first-order chi connectivity index (χ1) is 13.8. The van der Waals surface area contributed by atoms with Crippen LogP contribution in [0, 0.1) is 23.7 Å². The third kappa shape index (κ3) is 10.4. The van der Waals surface area contributed by atoms with Crippen molar-refractivity contribution in [3.63, 3.8) is 0 Å². The first-order valence-electron chi connectivity index (χ1n) is 13.3. The molecule has 2 atom stereocenters. The van der Waals surface area contributed by atoms with Crippen molar-refractivity contribution in [1.29, 1.82) is 0 Å². The molecule has 2 aliphatic rings. The van der Waals surface area contributed by atoms with E-state index in [0.29, 0.717) is 5.92 Å². The zero-order chi connectivity index (χ0) is 19.9. The number of rotatable bonds is 15. The van der Waals surface area contributed by atoms with Crippen LogP contribution < -0.4 is 0 Å². The van der Waals surface area contributed by atoms with Crippen molar-refractivity contribution >= 4 is 6.29 Å². The number of carbonyl (C=O) groups is 1. The van der Waals surface area contributed by atoms with Gasteiger partial charge in [-0.2, -0.15) is 0 Å². The third-order valence-corrected chi connectivity index (χ3v) is 7.92. The highest BCUT2D eigenvalue weighted by atomic mass is 16.1. The molecule has 0 saturated heterocycles. The Morgan fingerprint density at radius 3 is 1.64 bits per heavy atom. The van der Waals surface area contributed by atoms with Crippen LogP contribution in [-0.2, 0) is 4.79 Å². The zero-order valence-corrected chi connectivity index (χ0v) is 19.1. The maximum atomic E-state index is 10.8. The number of aldehydes is 1. The lowest BCUT2D eigenvalue weighted by atomic mass is 9.77. The minimum atomic E-state index is 0.386. The van der Waals surface area contributed by atoms with Gasteiger partial charge in [-0.25, -0.2) is 0 Å². The molecule has 0 aliphatic heterocycles. The van der Waals surface area contributed by atoms with Gasteiger partial charge in [-0.1, -0.05) is 110 Å². The van der Waals surface area contributed by atoms with Crippen LogP contribution in [-0.4, -0.2) is 6.29 Å². The van der Waals surface area contributed by atoms with Gasteiger partial charge in [-0.05, 0) is 49.9 Å². The Morgan fingerprint density at radius 2 is 1.11 bits per heavy atom. The lowest BCUT2D eigenvalue weighted by molar-refractivity contribution is -0.112. The van der Waals surface area contributed by atoms with Crippen LogP contribution in [0.1, 0.15) is 142 Å². The van der Waals surface area contributed by atoms with E-state index >= 15 is 0 Å². The van der Waals surface area contributed by atoms with Crippen LogP contribution in [0.25, 0.3) is 0 Å². The minimum absolute atomic E-state index is 0.386. The van der Waals surface area contributed by atoms with E-state index in [-0.39, 0.29) is 0 Å². The molecule has 0 spiro atoms. The lowest BCUT2D eigenvalue weighted by Crippen LogP contribution is -2.15. The van der Waals surface area contributed by atoms with Gasteiger partial charge in [0, 0.05) is 5.92 Å². The van der Waals surface area contributed by atoms with Crippen molar-refractivity contribution < 1.29 is 4.79 Å². The summed E-state index contributed by atoms with van der Waals surface area (Å²) in [5.74, 6) is 3.45. The van der Waals surface area contributed by atoms with Gasteiger partial charge in [0.1, 0.15) is 6.29 Å². The summed E-state index contributed by atoms with van der Waals surface area (Å²) in [4.78, 5) is 10.8. The topological polar surface area (TPSA) is 17.1 Å². The molecule has 0 aromatic heterocycles. The average molecular weight is 391 g/mol. The largest absolute Gasteiger partial charge is 0.303 e. The predicted octanol–water partition coefficient (Wildman–Crippen LogP) is 8.89. The second-order valence-corrected chi connectivity index (χ2v) is 10.4. The fraction of sp³-hybridized carbons (Fsp3) is 0.963. The Hall–Kier alpha value is -0.330. The third-order valence-electron chi connectivity index (χ3n) is 7.92. The van der Waals surface area contributed by atoms with Crippen molar-refractivity contribution in [3.8, 4) is 0 Å². The number of hydrogen-bond acceptors (Lipinski definition) is 1. The highest BCUT2D eigenvalue weighted by molar-refractivity contribution is 5.53. The molecule has 2 fully saturated rings.